The van der Waals surface area contributed by atoms with E-state index in [1.807, 2.05) is 32.0 Å². The molecule has 2 atom stereocenters. The lowest BCUT2D eigenvalue weighted by molar-refractivity contribution is -0.0880. The third kappa shape index (κ3) is 2.27. The maximum atomic E-state index is 10.7. The number of fused-ring (bicyclic) bond motifs is 1. The van der Waals surface area contributed by atoms with Gasteiger partial charge in [0, 0.05) is 5.92 Å². The van der Waals surface area contributed by atoms with Crippen molar-refractivity contribution >= 4 is 0 Å². The molecule has 1 N–H and O–H groups in total. The summed E-state index contributed by atoms with van der Waals surface area (Å²) >= 11 is 0. The summed E-state index contributed by atoms with van der Waals surface area (Å²) in [7, 11) is 0. The van der Waals surface area contributed by atoms with Crippen molar-refractivity contribution in [1.82, 2.24) is 0 Å². The number of hydrogen-bond acceptors (Lipinski definition) is 4. The monoisotopic (exact) mass is 278 g/mol. The lowest BCUT2D eigenvalue weighted by Crippen LogP contribution is -2.32. The van der Waals surface area contributed by atoms with Crippen LogP contribution in [0.25, 0.3) is 0 Å². The standard InChI is InChI=1S/C16H22O4/c1-15(2)8-11(16(3,4)20-15)14(17)10-5-6-12-13(7-10)19-9-18-12/h5-7,11,14,17H,8-9H2,1-4H3. The molecule has 4 heteroatoms. The second-order valence-corrected chi connectivity index (χ2v) is 6.83. The molecule has 110 valence electrons. The zero-order valence-electron chi connectivity index (χ0n) is 12.5. The van der Waals surface area contributed by atoms with Gasteiger partial charge in [0.15, 0.2) is 11.5 Å². The summed E-state index contributed by atoms with van der Waals surface area (Å²) in [5, 5.41) is 10.7. The average Bonchev–Trinajstić information content (AvgIpc) is 2.88. The van der Waals surface area contributed by atoms with Crippen LogP contribution in [-0.4, -0.2) is 23.1 Å². The van der Waals surface area contributed by atoms with E-state index in [1.54, 1.807) is 0 Å². The van der Waals surface area contributed by atoms with Gasteiger partial charge < -0.3 is 19.3 Å². The van der Waals surface area contributed by atoms with E-state index in [9.17, 15) is 5.11 Å². The normalized spacial score (nSPS) is 27.6. The Morgan fingerprint density at radius 1 is 1.15 bits per heavy atom. The van der Waals surface area contributed by atoms with E-state index in [0.29, 0.717) is 5.75 Å². The zero-order valence-corrected chi connectivity index (χ0v) is 12.5. The lowest BCUT2D eigenvalue weighted by atomic mass is 9.80. The minimum absolute atomic E-state index is 0.0536. The van der Waals surface area contributed by atoms with Gasteiger partial charge in [-0.15, -0.1) is 0 Å². The van der Waals surface area contributed by atoms with Crippen molar-refractivity contribution in [2.45, 2.75) is 51.4 Å². The minimum atomic E-state index is -0.568. The third-order valence-electron chi connectivity index (χ3n) is 4.26. The summed E-state index contributed by atoms with van der Waals surface area (Å²) in [4.78, 5) is 0. The highest BCUT2D eigenvalue weighted by Gasteiger charge is 2.49. The van der Waals surface area contributed by atoms with E-state index in [0.717, 1.165) is 17.7 Å². The van der Waals surface area contributed by atoms with E-state index in [4.69, 9.17) is 14.2 Å². The van der Waals surface area contributed by atoms with Gasteiger partial charge in [-0.05, 0) is 51.8 Å². The predicted molar refractivity (Wildman–Crippen MR) is 74.9 cm³/mol. The molecule has 20 heavy (non-hydrogen) atoms. The molecule has 0 saturated carbocycles. The molecule has 1 aromatic rings. The SMILES string of the molecule is CC1(C)CC(C(O)c2ccc3c(c2)OCO3)C(C)(C)O1. The van der Waals surface area contributed by atoms with Crippen LogP contribution in [0.4, 0.5) is 0 Å². The first-order valence-electron chi connectivity index (χ1n) is 7.06. The van der Waals surface area contributed by atoms with Crippen molar-refractivity contribution in [2.75, 3.05) is 6.79 Å². The Labute approximate surface area is 119 Å². The fourth-order valence-electron chi connectivity index (χ4n) is 3.43. The van der Waals surface area contributed by atoms with Crippen LogP contribution >= 0.6 is 0 Å². The molecule has 0 aliphatic carbocycles. The van der Waals surface area contributed by atoms with E-state index in [1.165, 1.54) is 0 Å². The van der Waals surface area contributed by atoms with Gasteiger partial charge in [-0.25, -0.2) is 0 Å². The van der Waals surface area contributed by atoms with Crippen LogP contribution in [0.2, 0.25) is 0 Å². The van der Waals surface area contributed by atoms with Gasteiger partial charge in [0.2, 0.25) is 6.79 Å². The summed E-state index contributed by atoms with van der Waals surface area (Å²) in [6.45, 7) is 8.48. The first-order valence-corrected chi connectivity index (χ1v) is 7.06. The van der Waals surface area contributed by atoms with E-state index < -0.39 is 6.10 Å². The van der Waals surface area contributed by atoms with Crippen LogP contribution in [0.3, 0.4) is 0 Å². The second kappa shape index (κ2) is 4.37. The summed E-state index contributed by atoms with van der Waals surface area (Å²) in [5.41, 5.74) is 0.304. The maximum Gasteiger partial charge on any atom is 0.231 e. The zero-order chi connectivity index (χ0) is 14.5. The Balaban J connectivity index is 1.87. The molecule has 2 aliphatic heterocycles. The molecule has 2 unspecified atom stereocenters. The molecular weight excluding hydrogens is 256 g/mol. The second-order valence-electron chi connectivity index (χ2n) is 6.83. The molecule has 0 radical (unpaired) electrons. The van der Waals surface area contributed by atoms with Gasteiger partial charge in [0.1, 0.15) is 0 Å². The van der Waals surface area contributed by atoms with E-state index in [2.05, 4.69) is 13.8 Å². The summed E-state index contributed by atoms with van der Waals surface area (Å²) in [5.74, 6) is 1.50. The molecular formula is C16H22O4. The maximum absolute atomic E-state index is 10.7. The van der Waals surface area contributed by atoms with E-state index >= 15 is 0 Å². The van der Waals surface area contributed by atoms with Gasteiger partial charge in [-0.2, -0.15) is 0 Å². The van der Waals surface area contributed by atoms with Crippen LogP contribution in [0.1, 0.15) is 45.8 Å². The first kappa shape index (κ1) is 13.7. The molecule has 3 rings (SSSR count). The largest absolute Gasteiger partial charge is 0.454 e. The number of ether oxygens (including phenoxy) is 3. The van der Waals surface area contributed by atoms with Crippen LogP contribution in [0.15, 0.2) is 18.2 Å². The Kier molecular flexibility index (Phi) is 2.99. The Hall–Kier alpha value is -1.26. The molecule has 0 amide bonds. The van der Waals surface area contributed by atoms with Crippen LogP contribution < -0.4 is 9.47 Å². The van der Waals surface area contributed by atoms with Crippen molar-refractivity contribution in [3.8, 4) is 11.5 Å². The first-order chi connectivity index (χ1) is 9.28. The summed E-state index contributed by atoms with van der Waals surface area (Å²) in [6, 6.07) is 5.63. The summed E-state index contributed by atoms with van der Waals surface area (Å²) in [6.07, 6.45) is 0.261. The van der Waals surface area contributed by atoms with Crippen LogP contribution in [-0.2, 0) is 4.74 Å². The fourth-order valence-corrected chi connectivity index (χ4v) is 3.43. The Bertz CT molecular complexity index is 521. The quantitative estimate of drug-likeness (QED) is 0.903. The molecule has 1 fully saturated rings. The molecule has 4 nitrogen and oxygen atoms in total. The molecule has 0 aromatic heterocycles. The molecule has 2 heterocycles. The number of aliphatic hydroxyl groups is 1. The Morgan fingerprint density at radius 2 is 1.85 bits per heavy atom. The van der Waals surface area contributed by atoms with Crippen molar-refractivity contribution in [3.05, 3.63) is 23.8 Å². The molecule has 0 spiro atoms. The molecule has 0 bridgehead atoms. The van der Waals surface area contributed by atoms with Crippen LogP contribution in [0.5, 0.6) is 11.5 Å². The predicted octanol–water partition coefficient (Wildman–Crippen LogP) is 3.04. The van der Waals surface area contributed by atoms with Gasteiger partial charge in [0.25, 0.3) is 0 Å². The van der Waals surface area contributed by atoms with Crippen molar-refractivity contribution in [2.24, 2.45) is 5.92 Å². The smallest absolute Gasteiger partial charge is 0.231 e. The minimum Gasteiger partial charge on any atom is -0.454 e. The van der Waals surface area contributed by atoms with Gasteiger partial charge >= 0.3 is 0 Å². The molecule has 2 aliphatic rings. The van der Waals surface area contributed by atoms with Crippen LogP contribution in [0, 0.1) is 5.92 Å². The van der Waals surface area contributed by atoms with Crippen molar-refractivity contribution < 1.29 is 19.3 Å². The number of rotatable bonds is 2. The van der Waals surface area contributed by atoms with Gasteiger partial charge in [0.05, 0.1) is 17.3 Å². The van der Waals surface area contributed by atoms with Crippen molar-refractivity contribution in [3.63, 3.8) is 0 Å². The van der Waals surface area contributed by atoms with Crippen molar-refractivity contribution in [1.29, 1.82) is 0 Å². The fraction of sp³-hybridized carbons (Fsp3) is 0.625. The topological polar surface area (TPSA) is 47.9 Å². The summed E-state index contributed by atoms with van der Waals surface area (Å²) < 4.78 is 16.8. The highest BCUT2D eigenvalue weighted by molar-refractivity contribution is 5.45. The molecule has 1 aromatic carbocycles. The number of hydrogen-bond donors (Lipinski definition) is 1. The Morgan fingerprint density at radius 3 is 2.50 bits per heavy atom. The average molecular weight is 278 g/mol. The highest BCUT2D eigenvalue weighted by atomic mass is 16.7. The lowest BCUT2D eigenvalue weighted by Gasteiger charge is -2.30. The van der Waals surface area contributed by atoms with E-state index in [-0.39, 0.29) is 23.9 Å². The van der Waals surface area contributed by atoms with Gasteiger partial charge in [-0.1, -0.05) is 6.07 Å². The third-order valence-corrected chi connectivity index (χ3v) is 4.26. The molecule has 1 saturated heterocycles. The van der Waals surface area contributed by atoms with Gasteiger partial charge in [-0.3, -0.25) is 0 Å². The number of benzene rings is 1. The highest BCUT2D eigenvalue weighted by Crippen LogP contribution is 2.48. The number of aliphatic hydroxyl groups excluding tert-OH is 1.